The Bertz CT molecular complexity index is 721. The van der Waals surface area contributed by atoms with Crippen LogP contribution in [0.4, 0.5) is 0 Å². The molecule has 0 aromatic carbocycles. The number of allylic oxidation sites excluding steroid dienone is 1. The van der Waals surface area contributed by atoms with Gasteiger partial charge in [0.15, 0.2) is 0 Å². The first-order chi connectivity index (χ1) is 11.7. The van der Waals surface area contributed by atoms with Crippen LogP contribution in [0.2, 0.25) is 0 Å². The molecule has 2 aromatic rings. The van der Waals surface area contributed by atoms with Crippen LogP contribution in [-0.4, -0.2) is 22.4 Å². The number of pyridine rings is 1. The normalized spacial score (nSPS) is 14.3. The van der Waals surface area contributed by atoms with E-state index in [-0.39, 0.29) is 5.91 Å². The first-order valence-electron chi connectivity index (χ1n) is 8.53. The van der Waals surface area contributed by atoms with Crippen molar-refractivity contribution >= 4 is 17.2 Å². The highest BCUT2D eigenvalue weighted by atomic mass is 32.1. The van der Waals surface area contributed by atoms with E-state index in [0.717, 1.165) is 34.1 Å². The molecule has 0 radical (unpaired) electrons. The fourth-order valence-corrected chi connectivity index (χ4v) is 3.96. The molecule has 0 atom stereocenters. The second-order valence-corrected chi connectivity index (χ2v) is 7.24. The van der Waals surface area contributed by atoms with Crippen molar-refractivity contribution in [2.24, 2.45) is 0 Å². The summed E-state index contributed by atoms with van der Waals surface area (Å²) in [6, 6.07) is 3.89. The lowest BCUT2D eigenvalue weighted by Gasteiger charge is -2.12. The molecule has 1 aliphatic rings. The van der Waals surface area contributed by atoms with Crippen LogP contribution in [0.25, 0.3) is 10.6 Å². The maximum atomic E-state index is 12.2. The lowest BCUT2D eigenvalue weighted by Crippen LogP contribution is -2.26. The van der Waals surface area contributed by atoms with E-state index in [2.05, 4.69) is 21.4 Å². The summed E-state index contributed by atoms with van der Waals surface area (Å²) in [5, 5.41) is 3.97. The van der Waals surface area contributed by atoms with Crippen LogP contribution in [0, 0.1) is 6.92 Å². The van der Waals surface area contributed by atoms with E-state index in [9.17, 15) is 4.79 Å². The molecular formula is C19H23N3OS. The van der Waals surface area contributed by atoms with Crippen LogP contribution >= 0.6 is 11.3 Å². The summed E-state index contributed by atoms with van der Waals surface area (Å²) in [6.45, 7) is 2.70. The standard InChI is InChI=1S/C19H23N3OS/c1-14-17(24-19(22-14)16-8-5-10-20-13-16)12-18(23)21-11-9-15-6-3-2-4-7-15/h5-6,8,10,13H,2-4,7,9,11-12H2,1H3,(H,21,23). The van der Waals surface area contributed by atoms with Crippen LogP contribution in [0.15, 0.2) is 36.2 Å². The van der Waals surface area contributed by atoms with Crippen molar-refractivity contribution < 1.29 is 4.79 Å². The summed E-state index contributed by atoms with van der Waals surface area (Å²) in [6.07, 6.45) is 12.3. The summed E-state index contributed by atoms with van der Waals surface area (Å²) in [7, 11) is 0. The Kier molecular flexibility index (Phi) is 5.75. The predicted octanol–water partition coefficient (Wildman–Crippen LogP) is 4.06. The van der Waals surface area contributed by atoms with Gasteiger partial charge in [0.05, 0.1) is 12.1 Å². The molecule has 0 saturated carbocycles. The second-order valence-electron chi connectivity index (χ2n) is 6.15. The fourth-order valence-electron chi connectivity index (χ4n) is 2.91. The second kappa shape index (κ2) is 8.20. The number of carbonyl (C=O) groups excluding carboxylic acids is 1. The van der Waals surface area contributed by atoms with Gasteiger partial charge in [-0.15, -0.1) is 11.3 Å². The van der Waals surface area contributed by atoms with Gasteiger partial charge in [0.1, 0.15) is 5.01 Å². The molecule has 0 saturated heterocycles. The van der Waals surface area contributed by atoms with Crippen molar-refractivity contribution in [3.05, 3.63) is 46.7 Å². The zero-order valence-electron chi connectivity index (χ0n) is 14.0. The van der Waals surface area contributed by atoms with Crippen molar-refractivity contribution in [1.29, 1.82) is 0 Å². The van der Waals surface area contributed by atoms with Gasteiger partial charge in [-0.1, -0.05) is 11.6 Å². The van der Waals surface area contributed by atoms with Gasteiger partial charge in [-0.2, -0.15) is 0 Å². The Morgan fingerprint density at radius 2 is 2.29 bits per heavy atom. The molecule has 24 heavy (non-hydrogen) atoms. The number of aryl methyl sites for hydroxylation is 1. The Morgan fingerprint density at radius 3 is 3.04 bits per heavy atom. The monoisotopic (exact) mass is 341 g/mol. The van der Waals surface area contributed by atoms with Crippen molar-refractivity contribution in [3.63, 3.8) is 0 Å². The van der Waals surface area contributed by atoms with Crippen LogP contribution in [0.5, 0.6) is 0 Å². The van der Waals surface area contributed by atoms with Crippen LogP contribution in [0.3, 0.4) is 0 Å². The van der Waals surface area contributed by atoms with Gasteiger partial charge in [0, 0.05) is 29.4 Å². The molecular weight excluding hydrogens is 318 g/mol. The van der Waals surface area contributed by atoms with Crippen molar-refractivity contribution in [2.45, 2.75) is 45.4 Å². The fraction of sp³-hybridized carbons (Fsp3) is 0.421. The number of nitrogens with zero attached hydrogens (tertiary/aromatic N) is 2. The molecule has 4 nitrogen and oxygen atoms in total. The molecule has 1 N–H and O–H groups in total. The Labute approximate surface area is 147 Å². The molecule has 126 valence electrons. The number of thiazole rings is 1. The molecule has 1 amide bonds. The lowest BCUT2D eigenvalue weighted by molar-refractivity contribution is -0.120. The number of hydrogen-bond acceptors (Lipinski definition) is 4. The first kappa shape index (κ1) is 16.8. The smallest absolute Gasteiger partial charge is 0.225 e. The Balaban J connectivity index is 1.53. The molecule has 0 spiro atoms. The van der Waals surface area contributed by atoms with Gasteiger partial charge in [-0.05, 0) is 51.2 Å². The number of carbonyl (C=O) groups is 1. The van der Waals surface area contributed by atoms with E-state index in [4.69, 9.17) is 0 Å². The van der Waals surface area contributed by atoms with Gasteiger partial charge in [0.25, 0.3) is 0 Å². The summed E-state index contributed by atoms with van der Waals surface area (Å²) >= 11 is 1.58. The molecule has 2 aromatic heterocycles. The van der Waals surface area contributed by atoms with E-state index in [0.29, 0.717) is 6.42 Å². The lowest BCUT2D eigenvalue weighted by atomic mass is 9.97. The average Bonchev–Trinajstić information content (AvgIpc) is 2.97. The Morgan fingerprint density at radius 1 is 1.38 bits per heavy atom. The summed E-state index contributed by atoms with van der Waals surface area (Å²) in [5.41, 5.74) is 3.43. The summed E-state index contributed by atoms with van der Waals surface area (Å²) in [4.78, 5) is 21.9. The number of amides is 1. The minimum absolute atomic E-state index is 0.0795. The SMILES string of the molecule is Cc1nc(-c2cccnc2)sc1CC(=O)NCCC1=CCCCC1. The molecule has 3 rings (SSSR count). The van der Waals surface area contributed by atoms with Crippen molar-refractivity contribution in [1.82, 2.24) is 15.3 Å². The molecule has 1 aliphatic carbocycles. The zero-order chi connectivity index (χ0) is 16.8. The third kappa shape index (κ3) is 4.51. The van der Waals surface area contributed by atoms with E-state index in [1.807, 2.05) is 19.1 Å². The topological polar surface area (TPSA) is 54.9 Å². The molecule has 0 unspecified atom stereocenters. The van der Waals surface area contributed by atoms with Crippen LogP contribution < -0.4 is 5.32 Å². The molecule has 2 heterocycles. The van der Waals surface area contributed by atoms with Gasteiger partial charge >= 0.3 is 0 Å². The summed E-state index contributed by atoms with van der Waals surface area (Å²) < 4.78 is 0. The predicted molar refractivity (Wildman–Crippen MR) is 98.0 cm³/mol. The number of nitrogens with one attached hydrogen (secondary N) is 1. The zero-order valence-corrected chi connectivity index (χ0v) is 14.9. The van der Waals surface area contributed by atoms with Crippen LogP contribution in [0.1, 0.15) is 42.7 Å². The van der Waals surface area contributed by atoms with E-state index < -0.39 is 0 Å². The van der Waals surface area contributed by atoms with E-state index in [1.54, 1.807) is 23.7 Å². The molecule has 5 heteroatoms. The van der Waals surface area contributed by atoms with Crippen molar-refractivity contribution in [3.8, 4) is 10.6 Å². The highest BCUT2D eigenvalue weighted by Crippen LogP contribution is 2.27. The number of rotatable bonds is 6. The van der Waals surface area contributed by atoms with E-state index >= 15 is 0 Å². The van der Waals surface area contributed by atoms with E-state index in [1.165, 1.54) is 31.3 Å². The maximum Gasteiger partial charge on any atom is 0.225 e. The Hall–Kier alpha value is -2.01. The van der Waals surface area contributed by atoms with Gasteiger partial charge in [-0.3, -0.25) is 9.78 Å². The van der Waals surface area contributed by atoms with Gasteiger partial charge in [-0.25, -0.2) is 4.98 Å². The third-order valence-corrected chi connectivity index (χ3v) is 5.48. The largest absolute Gasteiger partial charge is 0.355 e. The number of aromatic nitrogens is 2. The number of hydrogen-bond donors (Lipinski definition) is 1. The van der Waals surface area contributed by atoms with Gasteiger partial charge < -0.3 is 5.32 Å². The minimum Gasteiger partial charge on any atom is -0.355 e. The highest BCUT2D eigenvalue weighted by molar-refractivity contribution is 7.15. The first-order valence-corrected chi connectivity index (χ1v) is 9.35. The minimum atomic E-state index is 0.0795. The molecule has 0 aliphatic heterocycles. The summed E-state index contributed by atoms with van der Waals surface area (Å²) in [5.74, 6) is 0.0795. The van der Waals surface area contributed by atoms with Crippen LogP contribution in [-0.2, 0) is 11.2 Å². The highest BCUT2D eigenvalue weighted by Gasteiger charge is 2.13. The van der Waals surface area contributed by atoms with Crippen molar-refractivity contribution in [2.75, 3.05) is 6.54 Å². The quantitative estimate of drug-likeness (QED) is 0.806. The molecule has 0 fully saturated rings. The maximum absolute atomic E-state index is 12.2. The third-order valence-electron chi connectivity index (χ3n) is 4.28. The van der Waals surface area contributed by atoms with Gasteiger partial charge in [0.2, 0.25) is 5.91 Å². The average molecular weight is 341 g/mol. The molecule has 0 bridgehead atoms.